The highest BCUT2D eigenvalue weighted by Gasteiger charge is 2.33. The maximum atomic E-state index is 13.2. The Hall–Kier alpha value is -2.67. The lowest BCUT2D eigenvalue weighted by Gasteiger charge is -2.33. The largest absolute Gasteiger partial charge is 0.488 e. The number of nitrogens with zero attached hydrogens (tertiary/aromatic N) is 2. The van der Waals surface area contributed by atoms with Gasteiger partial charge in [-0.15, -0.1) is 0 Å². The summed E-state index contributed by atoms with van der Waals surface area (Å²) in [5, 5.41) is 9.75. The van der Waals surface area contributed by atoms with Crippen LogP contribution >= 0.6 is 0 Å². The van der Waals surface area contributed by atoms with Crippen LogP contribution in [-0.2, 0) is 31.3 Å². The van der Waals surface area contributed by atoms with Gasteiger partial charge in [0.15, 0.2) is 0 Å². The zero-order valence-corrected chi connectivity index (χ0v) is 22.4. The minimum atomic E-state index is -3.79. The van der Waals surface area contributed by atoms with E-state index in [0.717, 1.165) is 6.26 Å². The number of sulfonamides is 2. The van der Waals surface area contributed by atoms with Crippen LogP contribution in [0.4, 0.5) is 5.69 Å². The predicted molar refractivity (Wildman–Crippen MR) is 137 cm³/mol. The Balaban J connectivity index is 1.99. The number of anilines is 1. The molecule has 3 rings (SSSR count). The quantitative estimate of drug-likeness (QED) is 0.520. The summed E-state index contributed by atoms with van der Waals surface area (Å²) in [4.78, 5) is 14.9. The van der Waals surface area contributed by atoms with E-state index in [1.54, 1.807) is 36.1 Å². The molecule has 2 aromatic carbocycles. The van der Waals surface area contributed by atoms with Crippen molar-refractivity contribution in [2.24, 2.45) is 5.92 Å². The van der Waals surface area contributed by atoms with E-state index in [-0.39, 0.29) is 48.5 Å². The maximum Gasteiger partial charge on any atom is 0.242 e. The molecule has 2 aromatic rings. The second-order valence-corrected chi connectivity index (χ2v) is 13.0. The Morgan fingerprint density at radius 3 is 2.44 bits per heavy atom. The summed E-state index contributed by atoms with van der Waals surface area (Å²) < 4.78 is 59.6. The lowest BCUT2D eigenvalue weighted by molar-refractivity contribution is -0.134. The highest BCUT2D eigenvalue weighted by molar-refractivity contribution is 7.92. The SMILES string of the molecule is C[C@H]1CN([C@@H](C)CO)C(=O)Cc2cc(NS(C)(=O)=O)ccc2O[C@@H]1CN(C)S(=O)(=O)c1ccccc1. The van der Waals surface area contributed by atoms with E-state index in [1.165, 1.54) is 35.6 Å². The molecule has 36 heavy (non-hydrogen) atoms. The van der Waals surface area contributed by atoms with Crippen molar-refractivity contribution in [3.8, 4) is 5.75 Å². The third-order valence-electron chi connectivity index (χ3n) is 6.11. The molecule has 1 heterocycles. The molecule has 10 nitrogen and oxygen atoms in total. The summed E-state index contributed by atoms with van der Waals surface area (Å²) in [5.74, 6) is -0.185. The number of ether oxygens (including phenoxy) is 1. The Labute approximate surface area is 213 Å². The summed E-state index contributed by atoms with van der Waals surface area (Å²) in [5.41, 5.74) is 0.735. The van der Waals surface area contributed by atoms with Crippen LogP contribution in [0.1, 0.15) is 19.4 Å². The van der Waals surface area contributed by atoms with Gasteiger partial charge in [0, 0.05) is 30.8 Å². The zero-order valence-electron chi connectivity index (χ0n) is 20.8. The number of hydrogen-bond acceptors (Lipinski definition) is 7. The first-order valence-electron chi connectivity index (χ1n) is 11.5. The molecule has 0 radical (unpaired) electrons. The van der Waals surface area contributed by atoms with Crippen LogP contribution in [0.2, 0.25) is 0 Å². The van der Waals surface area contributed by atoms with Gasteiger partial charge in [-0.3, -0.25) is 9.52 Å². The molecule has 1 amide bonds. The maximum absolute atomic E-state index is 13.2. The summed E-state index contributed by atoms with van der Waals surface area (Å²) in [6.07, 6.45) is 0.318. The van der Waals surface area contributed by atoms with Gasteiger partial charge in [-0.2, -0.15) is 4.31 Å². The molecule has 1 aliphatic heterocycles. The molecule has 198 valence electrons. The van der Waals surface area contributed by atoms with Crippen molar-refractivity contribution >= 4 is 31.6 Å². The first kappa shape index (κ1) is 27.9. The number of aliphatic hydroxyl groups is 1. The molecular formula is C24H33N3O7S2. The highest BCUT2D eigenvalue weighted by Crippen LogP contribution is 2.30. The van der Waals surface area contributed by atoms with E-state index in [9.17, 15) is 26.7 Å². The average Bonchev–Trinajstić information content (AvgIpc) is 2.86. The Morgan fingerprint density at radius 1 is 1.17 bits per heavy atom. The number of hydrogen-bond donors (Lipinski definition) is 2. The molecule has 0 aliphatic carbocycles. The predicted octanol–water partition coefficient (Wildman–Crippen LogP) is 1.53. The van der Waals surface area contributed by atoms with Crippen molar-refractivity contribution in [2.75, 3.05) is 37.7 Å². The molecule has 2 N–H and O–H groups in total. The summed E-state index contributed by atoms with van der Waals surface area (Å²) >= 11 is 0. The summed E-state index contributed by atoms with van der Waals surface area (Å²) in [6.45, 7) is 3.61. The van der Waals surface area contributed by atoms with Gasteiger partial charge >= 0.3 is 0 Å². The van der Waals surface area contributed by atoms with Gasteiger partial charge in [0.2, 0.25) is 26.0 Å². The Morgan fingerprint density at radius 2 is 1.83 bits per heavy atom. The van der Waals surface area contributed by atoms with Crippen molar-refractivity contribution in [3.63, 3.8) is 0 Å². The van der Waals surface area contributed by atoms with E-state index in [4.69, 9.17) is 4.74 Å². The molecule has 12 heteroatoms. The van der Waals surface area contributed by atoms with E-state index >= 15 is 0 Å². The molecule has 0 saturated carbocycles. The number of aliphatic hydroxyl groups excluding tert-OH is 1. The normalized spacial score (nSPS) is 20.1. The molecule has 3 atom stereocenters. The number of carbonyl (C=O) groups is 1. The Bertz CT molecular complexity index is 1280. The van der Waals surface area contributed by atoms with Crippen LogP contribution < -0.4 is 9.46 Å². The molecule has 0 aromatic heterocycles. The smallest absolute Gasteiger partial charge is 0.242 e. The highest BCUT2D eigenvalue weighted by atomic mass is 32.2. The van der Waals surface area contributed by atoms with Gasteiger partial charge in [0.25, 0.3) is 0 Å². The minimum absolute atomic E-state index is 0.0106. The van der Waals surface area contributed by atoms with Crippen molar-refractivity contribution in [1.82, 2.24) is 9.21 Å². The van der Waals surface area contributed by atoms with Crippen molar-refractivity contribution < 1.29 is 31.5 Å². The number of amides is 1. The number of fused-ring (bicyclic) bond motifs is 1. The van der Waals surface area contributed by atoms with E-state index in [1.807, 2.05) is 6.92 Å². The average molecular weight is 540 g/mol. The fraction of sp³-hybridized carbons (Fsp3) is 0.458. The van der Waals surface area contributed by atoms with Gasteiger partial charge in [0.1, 0.15) is 11.9 Å². The third kappa shape index (κ3) is 6.75. The van der Waals surface area contributed by atoms with Gasteiger partial charge in [-0.05, 0) is 37.3 Å². The standard InChI is InChI=1S/C24H33N3O7S2/c1-17-14-27(18(2)16-28)24(29)13-19-12-20(25-35(4,30)31)10-11-22(19)34-23(17)15-26(3)36(32,33)21-8-6-5-7-9-21/h5-12,17-18,23,25,28H,13-16H2,1-4H3/t17-,18-,23+/m0/s1. The lowest BCUT2D eigenvalue weighted by atomic mass is 10.0. The number of nitrogens with one attached hydrogen (secondary N) is 1. The van der Waals surface area contributed by atoms with Gasteiger partial charge < -0.3 is 14.7 Å². The molecule has 0 fully saturated rings. The van der Waals surface area contributed by atoms with Crippen molar-refractivity contribution in [3.05, 3.63) is 54.1 Å². The Kier molecular flexibility index (Phi) is 8.65. The fourth-order valence-electron chi connectivity index (χ4n) is 4.05. The topological polar surface area (TPSA) is 133 Å². The van der Waals surface area contributed by atoms with Crippen molar-refractivity contribution in [2.45, 2.75) is 37.3 Å². The monoisotopic (exact) mass is 539 g/mol. The summed E-state index contributed by atoms with van der Waals surface area (Å²) in [7, 11) is -5.85. The van der Waals surface area contributed by atoms with Crippen LogP contribution in [0.15, 0.2) is 53.4 Å². The second-order valence-electron chi connectivity index (χ2n) is 9.18. The second kappa shape index (κ2) is 11.2. The summed E-state index contributed by atoms with van der Waals surface area (Å²) in [6, 6.07) is 12.3. The van der Waals surface area contributed by atoms with Crippen LogP contribution in [0.25, 0.3) is 0 Å². The first-order valence-corrected chi connectivity index (χ1v) is 14.8. The third-order valence-corrected chi connectivity index (χ3v) is 8.55. The van der Waals surface area contributed by atoms with Gasteiger partial charge in [0.05, 0.1) is 36.8 Å². The van der Waals surface area contributed by atoms with Crippen LogP contribution in [0.3, 0.4) is 0 Å². The van der Waals surface area contributed by atoms with Gasteiger partial charge in [-0.1, -0.05) is 25.1 Å². The molecule has 0 spiro atoms. The number of likely N-dealkylation sites (N-methyl/N-ethyl adjacent to an activating group) is 1. The number of benzene rings is 2. The molecular weight excluding hydrogens is 506 g/mol. The van der Waals surface area contributed by atoms with Crippen molar-refractivity contribution in [1.29, 1.82) is 0 Å². The molecule has 0 bridgehead atoms. The van der Waals surface area contributed by atoms with Gasteiger partial charge in [-0.25, -0.2) is 16.8 Å². The fourth-order valence-corrected chi connectivity index (χ4v) is 5.81. The van der Waals surface area contributed by atoms with E-state index < -0.39 is 32.2 Å². The zero-order chi connectivity index (χ0) is 26.7. The molecule has 0 saturated heterocycles. The number of carbonyl (C=O) groups excluding carboxylic acids is 1. The lowest BCUT2D eigenvalue weighted by Crippen LogP contribution is -2.48. The van der Waals surface area contributed by atoms with Crippen LogP contribution in [-0.4, -0.2) is 82.2 Å². The van der Waals surface area contributed by atoms with Crippen LogP contribution in [0, 0.1) is 5.92 Å². The molecule has 0 unspecified atom stereocenters. The minimum Gasteiger partial charge on any atom is -0.488 e. The first-order chi connectivity index (χ1) is 16.8. The van der Waals surface area contributed by atoms with E-state index in [2.05, 4.69) is 4.72 Å². The van der Waals surface area contributed by atoms with E-state index in [0.29, 0.717) is 11.3 Å². The van der Waals surface area contributed by atoms with Crippen LogP contribution in [0.5, 0.6) is 5.75 Å². The molecule has 1 aliphatic rings. The number of rotatable bonds is 8.